The Morgan fingerprint density at radius 1 is 0.600 bits per heavy atom. The summed E-state index contributed by atoms with van der Waals surface area (Å²) in [5, 5.41) is 0. The summed E-state index contributed by atoms with van der Waals surface area (Å²) in [6.07, 6.45) is 6.21. The number of hydrogen-bond donors (Lipinski definition) is 0. The van der Waals surface area contributed by atoms with Crippen molar-refractivity contribution >= 4 is 16.7 Å². The summed E-state index contributed by atoms with van der Waals surface area (Å²) in [5.41, 5.74) is 6.44. The topological polar surface area (TPSA) is 73.9 Å². The van der Waals surface area contributed by atoms with Crippen molar-refractivity contribution < 1.29 is 9.15 Å². The fourth-order valence-corrected chi connectivity index (χ4v) is 5.32. The Hall–Kier alpha value is -5.36. The Balaban J connectivity index is 1.21. The van der Waals surface area contributed by atoms with Crippen LogP contribution in [0.1, 0.15) is 17.4 Å². The average molecular weight is 519 g/mol. The van der Waals surface area contributed by atoms with Gasteiger partial charge in [0.2, 0.25) is 5.89 Å². The molecule has 6 nitrogen and oxygen atoms in total. The quantitative estimate of drug-likeness (QED) is 0.240. The first kappa shape index (κ1) is 22.6. The lowest BCUT2D eigenvalue weighted by Gasteiger charge is -2.17. The van der Waals surface area contributed by atoms with Crippen LogP contribution in [0.5, 0.6) is 5.75 Å². The number of ether oxygens (including phenoxy) is 1. The summed E-state index contributed by atoms with van der Waals surface area (Å²) >= 11 is 0. The van der Waals surface area contributed by atoms with E-state index in [1.807, 2.05) is 103 Å². The minimum Gasteiger partial charge on any atom is -0.485 e. The van der Waals surface area contributed by atoms with Gasteiger partial charge in [0.05, 0.1) is 0 Å². The Morgan fingerprint density at radius 2 is 1.25 bits per heavy atom. The van der Waals surface area contributed by atoms with Gasteiger partial charge in [0.15, 0.2) is 23.1 Å². The summed E-state index contributed by atoms with van der Waals surface area (Å²) in [5.74, 6) is 3.38. The SMILES string of the molecule is C1=CC2Oc3ccc(-c4nc(-c5ccccc5)nc(-c5ccccc5)n4)cc3C2C=C1c1nc2ccccc2o1. The molecule has 2 aliphatic rings. The van der Waals surface area contributed by atoms with E-state index in [-0.39, 0.29) is 12.0 Å². The Morgan fingerprint density at radius 3 is 1.95 bits per heavy atom. The molecule has 0 saturated carbocycles. The largest absolute Gasteiger partial charge is 0.485 e. The second-order valence-electron chi connectivity index (χ2n) is 9.87. The molecule has 40 heavy (non-hydrogen) atoms. The van der Waals surface area contributed by atoms with Gasteiger partial charge in [-0.25, -0.2) is 19.9 Å². The lowest BCUT2D eigenvalue weighted by Crippen LogP contribution is -2.17. The van der Waals surface area contributed by atoms with E-state index >= 15 is 0 Å². The minimum atomic E-state index is -0.0866. The summed E-state index contributed by atoms with van der Waals surface area (Å²) in [6, 6.07) is 34.0. The molecule has 0 fully saturated rings. The standard InChI is InChI=1S/C34H22N4O2/c1-3-9-21(10-4-1)31-36-32(22-11-5-2-6-12-22)38-33(37-31)23-15-17-28-25(19-23)26-20-24(16-18-29(26)39-28)34-35-27-13-7-8-14-30(27)40-34/h1-20,26,29H. The van der Waals surface area contributed by atoms with Gasteiger partial charge in [-0.05, 0) is 36.4 Å². The minimum absolute atomic E-state index is 0.0222. The highest BCUT2D eigenvalue weighted by Crippen LogP contribution is 2.45. The van der Waals surface area contributed by atoms with Crippen LogP contribution in [0.25, 0.3) is 50.8 Å². The molecular formula is C34H22N4O2. The van der Waals surface area contributed by atoms with Crippen molar-refractivity contribution in [2.24, 2.45) is 0 Å². The molecule has 190 valence electrons. The van der Waals surface area contributed by atoms with E-state index in [9.17, 15) is 0 Å². The zero-order valence-electron chi connectivity index (χ0n) is 21.3. The monoisotopic (exact) mass is 518 g/mol. The highest BCUT2D eigenvalue weighted by Gasteiger charge is 2.34. The molecule has 3 heterocycles. The van der Waals surface area contributed by atoms with Crippen molar-refractivity contribution in [1.29, 1.82) is 0 Å². The first-order valence-corrected chi connectivity index (χ1v) is 13.2. The Kier molecular flexibility index (Phi) is 5.16. The van der Waals surface area contributed by atoms with E-state index in [0.717, 1.165) is 44.7 Å². The summed E-state index contributed by atoms with van der Waals surface area (Å²) in [6.45, 7) is 0. The second kappa shape index (κ2) is 9.13. The highest BCUT2D eigenvalue weighted by molar-refractivity contribution is 5.80. The molecule has 0 bridgehead atoms. The molecule has 0 saturated heterocycles. The molecule has 0 N–H and O–H groups in total. The third-order valence-electron chi connectivity index (χ3n) is 7.31. The van der Waals surface area contributed by atoms with Gasteiger partial charge in [0.25, 0.3) is 0 Å². The normalized spacial score (nSPS) is 17.2. The van der Waals surface area contributed by atoms with Gasteiger partial charge in [-0.2, -0.15) is 0 Å². The summed E-state index contributed by atoms with van der Waals surface area (Å²) in [7, 11) is 0. The molecule has 1 aliphatic carbocycles. The van der Waals surface area contributed by atoms with E-state index in [2.05, 4.69) is 18.2 Å². The van der Waals surface area contributed by atoms with E-state index in [0.29, 0.717) is 23.4 Å². The number of allylic oxidation sites excluding steroid dienone is 2. The summed E-state index contributed by atoms with van der Waals surface area (Å²) in [4.78, 5) is 19.3. The molecule has 6 aromatic rings. The maximum absolute atomic E-state index is 6.30. The van der Waals surface area contributed by atoms with Crippen LogP contribution >= 0.6 is 0 Å². The third kappa shape index (κ3) is 3.89. The molecule has 2 aromatic heterocycles. The van der Waals surface area contributed by atoms with E-state index < -0.39 is 0 Å². The fraction of sp³-hybridized carbons (Fsp3) is 0.0588. The van der Waals surface area contributed by atoms with E-state index in [4.69, 9.17) is 29.1 Å². The molecule has 0 spiro atoms. The average Bonchev–Trinajstić information content (AvgIpc) is 3.63. The van der Waals surface area contributed by atoms with Gasteiger partial charge in [0.1, 0.15) is 17.4 Å². The molecule has 6 heteroatoms. The number of benzene rings is 4. The molecule has 8 rings (SSSR count). The van der Waals surface area contributed by atoms with Crippen LogP contribution in [0.3, 0.4) is 0 Å². The fourth-order valence-electron chi connectivity index (χ4n) is 5.32. The van der Waals surface area contributed by atoms with Gasteiger partial charge >= 0.3 is 0 Å². The number of rotatable bonds is 4. The van der Waals surface area contributed by atoms with Crippen LogP contribution in [0.15, 0.2) is 126 Å². The molecule has 0 amide bonds. The second-order valence-corrected chi connectivity index (χ2v) is 9.87. The van der Waals surface area contributed by atoms with Crippen LogP contribution in [-0.4, -0.2) is 26.0 Å². The van der Waals surface area contributed by atoms with Crippen molar-refractivity contribution in [1.82, 2.24) is 19.9 Å². The number of hydrogen-bond acceptors (Lipinski definition) is 6. The highest BCUT2D eigenvalue weighted by atomic mass is 16.5. The van der Waals surface area contributed by atoms with E-state index in [1.165, 1.54) is 0 Å². The smallest absolute Gasteiger partial charge is 0.226 e. The van der Waals surface area contributed by atoms with Crippen molar-refractivity contribution in [3.8, 4) is 39.9 Å². The first-order valence-electron chi connectivity index (χ1n) is 13.2. The van der Waals surface area contributed by atoms with Crippen molar-refractivity contribution in [2.45, 2.75) is 12.0 Å². The number of para-hydroxylation sites is 2. The lowest BCUT2D eigenvalue weighted by molar-refractivity contribution is 0.269. The Bertz CT molecular complexity index is 1850. The molecule has 1 aliphatic heterocycles. The molecule has 2 atom stereocenters. The predicted octanol–water partition coefficient (Wildman–Crippen LogP) is 7.51. The van der Waals surface area contributed by atoms with Crippen molar-refractivity contribution in [3.05, 3.63) is 133 Å². The zero-order chi connectivity index (χ0) is 26.5. The van der Waals surface area contributed by atoms with Gasteiger partial charge in [-0.3, -0.25) is 0 Å². The van der Waals surface area contributed by atoms with Crippen LogP contribution < -0.4 is 4.74 Å². The van der Waals surface area contributed by atoms with Gasteiger partial charge < -0.3 is 9.15 Å². The maximum Gasteiger partial charge on any atom is 0.226 e. The predicted molar refractivity (Wildman–Crippen MR) is 154 cm³/mol. The number of nitrogens with zero attached hydrogens (tertiary/aromatic N) is 4. The summed E-state index contributed by atoms with van der Waals surface area (Å²) < 4.78 is 12.3. The maximum atomic E-state index is 6.30. The van der Waals surface area contributed by atoms with Crippen LogP contribution in [0.2, 0.25) is 0 Å². The lowest BCUT2D eigenvalue weighted by atomic mass is 9.88. The van der Waals surface area contributed by atoms with Crippen LogP contribution in [-0.2, 0) is 0 Å². The van der Waals surface area contributed by atoms with Crippen molar-refractivity contribution in [2.75, 3.05) is 0 Å². The number of aromatic nitrogens is 4. The van der Waals surface area contributed by atoms with Crippen LogP contribution in [0.4, 0.5) is 0 Å². The van der Waals surface area contributed by atoms with Gasteiger partial charge in [-0.1, -0.05) is 84.9 Å². The first-order chi connectivity index (χ1) is 19.8. The molecule has 4 aromatic carbocycles. The van der Waals surface area contributed by atoms with Crippen molar-refractivity contribution in [3.63, 3.8) is 0 Å². The molecule has 2 unspecified atom stereocenters. The molecular weight excluding hydrogens is 496 g/mol. The van der Waals surface area contributed by atoms with Crippen LogP contribution in [0, 0.1) is 0 Å². The van der Waals surface area contributed by atoms with E-state index in [1.54, 1.807) is 0 Å². The van der Waals surface area contributed by atoms with Gasteiger partial charge in [-0.15, -0.1) is 0 Å². The number of fused-ring (bicyclic) bond motifs is 4. The Labute approximate surface area is 230 Å². The number of oxazole rings is 1. The molecule has 0 radical (unpaired) electrons. The third-order valence-corrected chi connectivity index (χ3v) is 7.31. The zero-order valence-corrected chi connectivity index (χ0v) is 21.3. The van der Waals surface area contributed by atoms with Gasteiger partial charge in [0, 0.05) is 33.7 Å².